The number of H-pyrrole nitrogens is 1. The number of nitrogens with zero attached hydrogens (tertiary/aromatic N) is 6. The fourth-order valence-corrected chi connectivity index (χ4v) is 5.00. The van der Waals surface area contributed by atoms with E-state index in [4.69, 9.17) is 10.7 Å². The summed E-state index contributed by atoms with van der Waals surface area (Å²) in [5.74, 6) is 0.629. The molecule has 1 amide bonds. The van der Waals surface area contributed by atoms with E-state index in [-0.39, 0.29) is 0 Å². The molecule has 1 fully saturated rings. The van der Waals surface area contributed by atoms with E-state index in [0.29, 0.717) is 23.3 Å². The summed E-state index contributed by atoms with van der Waals surface area (Å²) in [6.07, 6.45) is 9.32. The number of hydrogen-bond acceptors (Lipinski definition) is 6. The van der Waals surface area contributed by atoms with Gasteiger partial charge in [0.15, 0.2) is 11.6 Å². The molecule has 4 aromatic rings. The Hall–Kier alpha value is -3.53. The number of rotatable bonds is 9. The predicted molar refractivity (Wildman–Crippen MR) is 135 cm³/mol. The summed E-state index contributed by atoms with van der Waals surface area (Å²) in [5.41, 5.74) is 9.45. The van der Waals surface area contributed by atoms with Crippen molar-refractivity contribution in [1.82, 2.24) is 40.1 Å². The van der Waals surface area contributed by atoms with Gasteiger partial charge in [-0.25, -0.2) is 4.98 Å². The molecule has 0 bridgehead atoms. The normalized spacial score (nSPS) is 14.7. The standard InChI is InChI=1S/C25H33N9O/c1-3-33-22(12-16(2)32-33)25-29-24(30-31-25)19-13-17(23(26)35)14-21-20(19)15-28-34(21)11-7-10-27-18-8-5-4-6-9-18/h12-15,18,27H,3-11H2,1-2H3,(H2,26,35)(H,29,30,31). The zero-order valence-electron chi connectivity index (χ0n) is 20.4. The number of aromatic nitrogens is 7. The molecular formula is C25H33N9O. The van der Waals surface area contributed by atoms with Gasteiger partial charge < -0.3 is 11.1 Å². The Bertz CT molecular complexity index is 1330. The first-order valence-corrected chi connectivity index (χ1v) is 12.5. The van der Waals surface area contributed by atoms with E-state index < -0.39 is 5.91 Å². The molecule has 3 aromatic heterocycles. The van der Waals surface area contributed by atoms with Crippen LogP contribution in [0.4, 0.5) is 0 Å². The Balaban J connectivity index is 1.41. The minimum Gasteiger partial charge on any atom is -0.366 e. The predicted octanol–water partition coefficient (Wildman–Crippen LogP) is 3.42. The second kappa shape index (κ2) is 9.99. The Morgan fingerprint density at radius 1 is 1.20 bits per heavy atom. The third-order valence-electron chi connectivity index (χ3n) is 6.80. The first-order chi connectivity index (χ1) is 17.0. The van der Waals surface area contributed by atoms with Gasteiger partial charge in [0.25, 0.3) is 0 Å². The first-order valence-electron chi connectivity index (χ1n) is 12.5. The summed E-state index contributed by atoms with van der Waals surface area (Å²) in [6.45, 7) is 6.41. The summed E-state index contributed by atoms with van der Waals surface area (Å²) in [6, 6.07) is 6.17. The van der Waals surface area contributed by atoms with Crippen molar-refractivity contribution >= 4 is 16.8 Å². The molecule has 1 saturated carbocycles. The highest BCUT2D eigenvalue weighted by atomic mass is 16.1. The van der Waals surface area contributed by atoms with Crippen LogP contribution in [0.3, 0.4) is 0 Å². The molecule has 3 heterocycles. The minimum absolute atomic E-state index is 0.412. The van der Waals surface area contributed by atoms with Crippen molar-refractivity contribution in [3.8, 4) is 22.9 Å². The molecule has 1 aliphatic carbocycles. The molecule has 0 spiro atoms. The number of nitrogens with two attached hydrogens (primary N) is 1. The average molecular weight is 476 g/mol. The van der Waals surface area contributed by atoms with Crippen LogP contribution >= 0.6 is 0 Å². The molecule has 1 aliphatic rings. The Morgan fingerprint density at radius 3 is 2.80 bits per heavy atom. The van der Waals surface area contributed by atoms with E-state index in [1.807, 2.05) is 41.5 Å². The van der Waals surface area contributed by atoms with Gasteiger partial charge in [-0.05, 0) is 57.9 Å². The lowest BCUT2D eigenvalue weighted by Crippen LogP contribution is -2.32. The first kappa shape index (κ1) is 23.2. The van der Waals surface area contributed by atoms with Gasteiger partial charge in [0, 0.05) is 35.6 Å². The molecule has 10 heteroatoms. The number of aryl methyl sites for hydroxylation is 3. The average Bonchev–Trinajstić information content (AvgIpc) is 3.60. The number of nitrogens with one attached hydrogen (secondary N) is 2. The van der Waals surface area contributed by atoms with Crippen LogP contribution in [0.1, 0.15) is 61.5 Å². The van der Waals surface area contributed by atoms with Crippen molar-refractivity contribution in [3.63, 3.8) is 0 Å². The Kier molecular flexibility index (Phi) is 6.63. The third-order valence-corrected chi connectivity index (χ3v) is 6.80. The molecule has 0 unspecified atom stereocenters. The molecule has 0 radical (unpaired) electrons. The Morgan fingerprint density at radius 2 is 2.03 bits per heavy atom. The fraction of sp³-hybridized carbons (Fsp3) is 0.480. The zero-order valence-corrected chi connectivity index (χ0v) is 20.4. The summed E-state index contributed by atoms with van der Waals surface area (Å²) in [4.78, 5) is 16.9. The van der Waals surface area contributed by atoms with Gasteiger partial charge >= 0.3 is 0 Å². The molecule has 0 saturated heterocycles. The van der Waals surface area contributed by atoms with Crippen LogP contribution < -0.4 is 11.1 Å². The van der Waals surface area contributed by atoms with Crippen molar-refractivity contribution < 1.29 is 4.79 Å². The van der Waals surface area contributed by atoms with Gasteiger partial charge in [-0.3, -0.25) is 19.3 Å². The maximum absolute atomic E-state index is 12.1. The minimum atomic E-state index is -0.490. The van der Waals surface area contributed by atoms with Crippen LogP contribution in [0.2, 0.25) is 0 Å². The highest BCUT2D eigenvalue weighted by molar-refractivity contribution is 6.02. The molecule has 184 valence electrons. The molecule has 0 atom stereocenters. The number of benzene rings is 1. The quantitative estimate of drug-likeness (QED) is 0.318. The van der Waals surface area contributed by atoms with Crippen LogP contribution in [-0.4, -0.2) is 53.2 Å². The number of amides is 1. The second-order valence-corrected chi connectivity index (χ2v) is 9.33. The number of fused-ring (bicyclic) bond motifs is 1. The second-order valence-electron chi connectivity index (χ2n) is 9.33. The van der Waals surface area contributed by atoms with E-state index >= 15 is 0 Å². The SMILES string of the molecule is CCn1nc(C)cc1-c1nc(-c2cc(C(N)=O)cc3c2cnn3CCCNC2CCCCC2)n[nH]1. The largest absolute Gasteiger partial charge is 0.366 e. The fourth-order valence-electron chi connectivity index (χ4n) is 5.00. The van der Waals surface area contributed by atoms with Crippen molar-refractivity contribution in [2.75, 3.05) is 6.54 Å². The van der Waals surface area contributed by atoms with Crippen molar-refractivity contribution in [2.24, 2.45) is 5.73 Å². The Labute approximate surface area is 204 Å². The number of hydrogen-bond donors (Lipinski definition) is 3. The van der Waals surface area contributed by atoms with E-state index in [9.17, 15) is 4.79 Å². The highest BCUT2D eigenvalue weighted by Crippen LogP contribution is 2.30. The highest BCUT2D eigenvalue weighted by Gasteiger charge is 2.19. The van der Waals surface area contributed by atoms with Crippen LogP contribution in [0.15, 0.2) is 24.4 Å². The summed E-state index contributed by atoms with van der Waals surface area (Å²) >= 11 is 0. The van der Waals surface area contributed by atoms with Gasteiger partial charge in [-0.15, -0.1) is 0 Å². The summed E-state index contributed by atoms with van der Waals surface area (Å²) in [5, 5.41) is 21.2. The molecule has 4 N–H and O–H groups in total. The number of carbonyl (C=O) groups is 1. The van der Waals surface area contributed by atoms with E-state index in [0.717, 1.165) is 53.9 Å². The van der Waals surface area contributed by atoms with Gasteiger partial charge in [-0.2, -0.15) is 15.3 Å². The van der Waals surface area contributed by atoms with Gasteiger partial charge in [0.2, 0.25) is 5.91 Å². The molecular weight excluding hydrogens is 442 g/mol. The number of primary amides is 1. The molecule has 35 heavy (non-hydrogen) atoms. The molecule has 5 rings (SSSR count). The van der Waals surface area contributed by atoms with Crippen molar-refractivity contribution in [2.45, 2.75) is 71.5 Å². The van der Waals surface area contributed by atoms with Crippen molar-refractivity contribution in [1.29, 1.82) is 0 Å². The van der Waals surface area contributed by atoms with Gasteiger partial charge in [0.05, 0.1) is 17.4 Å². The lowest BCUT2D eigenvalue weighted by molar-refractivity contribution is 0.100. The molecule has 0 aliphatic heterocycles. The molecule has 1 aromatic carbocycles. The van der Waals surface area contributed by atoms with Crippen LogP contribution in [0, 0.1) is 6.92 Å². The summed E-state index contributed by atoms with van der Waals surface area (Å²) in [7, 11) is 0. The van der Waals surface area contributed by atoms with Gasteiger partial charge in [0.1, 0.15) is 5.69 Å². The van der Waals surface area contributed by atoms with Crippen molar-refractivity contribution in [3.05, 3.63) is 35.7 Å². The maximum Gasteiger partial charge on any atom is 0.248 e. The smallest absolute Gasteiger partial charge is 0.248 e. The van der Waals surface area contributed by atoms with Crippen LogP contribution in [0.25, 0.3) is 33.8 Å². The van der Waals surface area contributed by atoms with Crippen LogP contribution in [-0.2, 0) is 13.1 Å². The maximum atomic E-state index is 12.1. The lowest BCUT2D eigenvalue weighted by Gasteiger charge is -2.22. The van der Waals surface area contributed by atoms with E-state index in [1.54, 1.807) is 6.07 Å². The van der Waals surface area contributed by atoms with Crippen LogP contribution in [0.5, 0.6) is 0 Å². The molecule has 10 nitrogen and oxygen atoms in total. The zero-order chi connectivity index (χ0) is 24.4. The van der Waals surface area contributed by atoms with E-state index in [2.05, 4.69) is 25.7 Å². The lowest BCUT2D eigenvalue weighted by atomic mass is 9.95. The number of aromatic amines is 1. The monoisotopic (exact) mass is 475 g/mol. The third kappa shape index (κ3) is 4.84. The number of carbonyl (C=O) groups excluding carboxylic acids is 1. The topological polar surface area (TPSA) is 132 Å². The van der Waals surface area contributed by atoms with Gasteiger partial charge in [-0.1, -0.05) is 19.3 Å². The summed E-state index contributed by atoms with van der Waals surface area (Å²) < 4.78 is 3.82. The van der Waals surface area contributed by atoms with E-state index in [1.165, 1.54) is 32.1 Å².